The van der Waals surface area contributed by atoms with Gasteiger partial charge in [0.15, 0.2) is 0 Å². The highest BCUT2D eigenvalue weighted by atomic mass is 15.1. The van der Waals surface area contributed by atoms with Gasteiger partial charge in [0.05, 0.1) is 5.41 Å². The highest BCUT2D eigenvalue weighted by molar-refractivity contribution is 5.91. The summed E-state index contributed by atoms with van der Waals surface area (Å²) in [6.07, 6.45) is 0. The van der Waals surface area contributed by atoms with Crippen LogP contribution in [0.15, 0.2) is 285 Å². The maximum absolute atomic E-state index is 2.46. The molecular weight excluding hydrogens is 903 g/mol. The summed E-state index contributed by atoms with van der Waals surface area (Å²) in [6.45, 7) is 4.71. The molecule has 14 rings (SSSR count). The molecule has 0 saturated carbocycles. The lowest BCUT2D eigenvalue weighted by Crippen LogP contribution is -2.28. The summed E-state index contributed by atoms with van der Waals surface area (Å²) in [4.78, 5) is 2.44. The Labute approximate surface area is 440 Å². The van der Waals surface area contributed by atoms with Gasteiger partial charge in [-0.2, -0.15) is 0 Å². The summed E-state index contributed by atoms with van der Waals surface area (Å²) in [5.41, 5.74) is 25.4. The minimum absolute atomic E-state index is 0.0698. The minimum Gasteiger partial charge on any atom is -0.310 e. The van der Waals surface area contributed by atoms with Gasteiger partial charge in [-0.15, -0.1) is 0 Å². The zero-order valence-electron chi connectivity index (χ0n) is 42.1. The molecule has 1 heteroatoms. The van der Waals surface area contributed by atoms with Gasteiger partial charge < -0.3 is 4.90 Å². The Morgan fingerprint density at radius 3 is 1.29 bits per heavy atom. The fourth-order valence-corrected chi connectivity index (χ4v) is 12.6. The molecule has 0 heterocycles. The van der Waals surface area contributed by atoms with Crippen molar-refractivity contribution in [2.75, 3.05) is 4.90 Å². The fraction of sp³-hybridized carbons (Fsp3) is 0.0541. The molecule has 0 spiro atoms. The molecule has 0 aliphatic heterocycles. The van der Waals surface area contributed by atoms with Crippen molar-refractivity contribution in [3.63, 3.8) is 0 Å². The largest absolute Gasteiger partial charge is 0.310 e. The Balaban J connectivity index is 0.851. The highest BCUT2D eigenvalue weighted by Crippen LogP contribution is 2.57. The molecule has 1 nitrogen and oxygen atoms in total. The second kappa shape index (κ2) is 17.7. The van der Waals surface area contributed by atoms with Gasteiger partial charge in [-0.05, 0) is 166 Å². The molecule has 0 amide bonds. The molecule has 75 heavy (non-hydrogen) atoms. The van der Waals surface area contributed by atoms with E-state index in [1.54, 1.807) is 0 Å². The first-order valence-corrected chi connectivity index (χ1v) is 26.2. The number of fused-ring (bicyclic) bond motifs is 7. The standard InChI is InChI=1S/C74H53N/c1-73(2)69-26-13-11-24-65(69)67-44-38-59(48-71(67)73)54-36-41-63(42-37-54)75(64-43-45-68-66-25-12-14-27-70(66)74(72(68)49-64,60-20-5-3-6-21-60)61-22-7-4-8-23-61)62-39-34-52(35-40-62)51-28-30-53(31-29-51)56-18-15-19-57(46-56)58-33-32-50-16-9-10-17-55(50)47-58/h3-49H,1-2H3. The van der Waals surface area contributed by atoms with E-state index in [-0.39, 0.29) is 5.41 Å². The molecular formula is C74H53N. The molecule has 2 aliphatic rings. The summed E-state index contributed by atoms with van der Waals surface area (Å²) >= 11 is 0. The van der Waals surface area contributed by atoms with Crippen LogP contribution in [0.1, 0.15) is 47.2 Å². The average Bonchev–Trinajstić information content (AvgIpc) is 3.93. The molecule has 0 aromatic heterocycles. The van der Waals surface area contributed by atoms with Crippen LogP contribution in [0.4, 0.5) is 17.1 Å². The van der Waals surface area contributed by atoms with Crippen molar-refractivity contribution in [2.24, 2.45) is 0 Å². The van der Waals surface area contributed by atoms with E-state index in [0.717, 1.165) is 17.1 Å². The van der Waals surface area contributed by atoms with E-state index in [0.29, 0.717) is 0 Å². The van der Waals surface area contributed by atoms with Crippen molar-refractivity contribution in [3.05, 3.63) is 318 Å². The number of rotatable bonds is 9. The lowest BCUT2D eigenvalue weighted by molar-refractivity contribution is 0.660. The van der Waals surface area contributed by atoms with E-state index in [9.17, 15) is 0 Å². The molecule has 12 aromatic carbocycles. The Morgan fingerprint density at radius 2 is 0.653 bits per heavy atom. The third kappa shape index (κ3) is 7.30. The molecule has 0 radical (unpaired) electrons. The van der Waals surface area contributed by atoms with Gasteiger partial charge in [0.25, 0.3) is 0 Å². The Hall–Kier alpha value is -9.30. The quantitative estimate of drug-likeness (QED) is 0.139. The van der Waals surface area contributed by atoms with Crippen LogP contribution in [-0.4, -0.2) is 0 Å². The summed E-state index contributed by atoms with van der Waals surface area (Å²) in [5, 5.41) is 2.51. The zero-order valence-corrected chi connectivity index (χ0v) is 42.1. The number of benzene rings is 12. The summed E-state index contributed by atoms with van der Waals surface area (Å²) in [5.74, 6) is 0. The van der Waals surface area contributed by atoms with E-state index >= 15 is 0 Å². The summed E-state index contributed by atoms with van der Waals surface area (Å²) < 4.78 is 0. The van der Waals surface area contributed by atoms with Gasteiger partial charge in [-0.3, -0.25) is 0 Å². The lowest BCUT2D eigenvalue weighted by Gasteiger charge is -2.35. The van der Waals surface area contributed by atoms with Crippen molar-refractivity contribution in [1.29, 1.82) is 0 Å². The smallest absolute Gasteiger partial charge is 0.0714 e. The van der Waals surface area contributed by atoms with Crippen molar-refractivity contribution in [3.8, 4) is 66.8 Å². The van der Waals surface area contributed by atoms with Gasteiger partial charge in [0.2, 0.25) is 0 Å². The van der Waals surface area contributed by atoms with Crippen LogP contribution in [0.5, 0.6) is 0 Å². The fourth-order valence-electron chi connectivity index (χ4n) is 12.6. The molecule has 0 saturated heterocycles. The summed E-state index contributed by atoms with van der Waals surface area (Å²) in [7, 11) is 0. The van der Waals surface area contributed by atoms with Crippen molar-refractivity contribution < 1.29 is 0 Å². The lowest BCUT2D eigenvalue weighted by atomic mass is 9.67. The van der Waals surface area contributed by atoms with Crippen LogP contribution in [0.25, 0.3) is 77.5 Å². The van der Waals surface area contributed by atoms with Crippen molar-refractivity contribution in [2.45, 2.75) is 24.7 Å². The zero-order chi connectivity index (χ0) is 50.1. The van der Waals surface area contributed by atoms with Crippen molar-refractivity contribution >= 4 is 27.8 Å². The number of nitrogens with zero attached hydrogens (tertiary/aromatic N) is 1. The van der Waals surface area contributed by atoms with E-state index in [2.05, 4.69) is 304 Å². The third-order valence-corrected chi connectivity index (χ3v) is 16.4. The van der Waals surface area contributed by atoms with Crippen molar-refractivity contribution in [1.82, 2.24) is 0 Å². The maximum Gasteiger partial charge on any atom is 0.0714 e. The molecule has 0 N–H and O–H groups in total. The first kappa shape index (κ1) is 44.4. The SMILES string of the molecule is CC1(C)c2ccccc2-c2ccc(-c3ccc(N(c4ccc(-c5ccc(-c6cccc(-c7ccc8ccccc8c7)c6)cc5)cc4)c4ccc5c(c4)C(c4ccccc4)(c4ccccc4)c4ccccc4-5)cc3)cc21. The van der Waals surface area contributed by atoms with Crippen LogP contribution in [0.3, 0.4) is 0 Å². The monoisotopic (exact) mass is 955 g/mol. The van der Waals surface area contributed by atoms with Gasteiger partial charge >= 0.3 is 0 Å². The van der Waals surface area contributed by atoms with Crippen LogP contribution in [-0.2, 0) is 10.8 Å². The average molecular weight is 956 g/mol. The second-order valence-corrected chi connectivity index (χ2v) is 20.8. The first-order chi connectivity index (χ1) is 36.9. The Morgan fingerprint density at radius 1 is 0.240 bits per heavy atom. The maximum atomic E-state index is 2.46. The number of hydrogen-bond donors (Lipinski definition) is 0. The van der Waals surface area contributed by atoms with E-state index in [1.807, 2.05) is 0 Å². The second-order valence-electron chi connectivity index (χ2n) is 20.8. The van der Waals surface area contributed by atoms with E-state index in [4.69, 9.17) is 0 Å². The molecule has 2 aliphatic carbocycles. The number of hydrogen-bond acceptors (Lipinski definition) is 1. The topological polar surface area (TPSA) is 3.24 Å². The number of anilines is 3. The van der Waals surface area contributed by atoms with Gasteiger partial charge in [0, 0.05) is 22.5 Å². The van der Waals surface area contributed by atoms with Gasteiger partial charge in [-0.25, -0.2) is 0 Å². The Bertz CT molecular complexity index is 4070. The third-order valence-electron chi connectivity index (χ3n) is 16.4. The molecule has 0 unspecified atom stereocenters. The van der Waals surface area contributed by atoms with Crippen LogP contribution in [0, 0.1) is 0 Å². The van der Waals surface area contributed by atoms with Crippen LogP contribution >= 0.6 is 0 Å². The highest BCUT2D eigenvalue weighted by Gasteiger charge is 2.46. The van der Waals surface area contributed by atoms with E-state index in [1.165, 1.54) is 111 Å². The van der Waals surface area contributed by atoms with Gasteiger partial charge in [-0.1, -0.05) is 244 Å². The summed E-state index contributed by atoms with van der Waals surface area (Å²) in [6, 6.07) is 106. The molecule has 0 bridgehead atoms. The molecule has 12 aromatic rings. The Kier molecular flexibility index (Phi) is 10.5. The van der Waals surface area contributed by atoms with Crippen LogP contribution in [0.2, 0.25) is 0 Å². The molecule has 0 fully saturated rings. The van der Waals surface area contributed by atoms with Gasteiger partial charge in [0.1, 0.15) is 0 Å². The predicted molar refractivity (Wildman–Crippen MR) is 315 cm³/mol. The molecule has 0 atom stereocenters. The van der Waals surface area contributed by atoms with E-state index < -0.39 is 5.41 Å². The normalized spacial score (nSPS) is 13.4. The minimum atomic E-state index is -0.519. The molecule has 354 valence electrons. The first-order valence-electron chi connectivity index (χ1n) is 26.2. The van der Waals surface area contributed by atoms with Crippen LogP contribution < -0.4 is 4.90 Å². The predicted octanol–water partition coefficient (Wildman–Crippen LogP) is 19.6.